The van der Waals surface area contributed by atoms with Crippen molar-refractivity contribution in [3.8, 4) is 16.3 Å². The van der Waals surface area contributed by atoms with Crippen molar-refractivity contribution in [2.45, 2.75) is 18.9 Å². The van der Waals surface area contributed by atoms with Crippen molar-refractivity contribution in [1.29, 1.82) is 0 Å². The third kappa shape index (κ3) is 5.09. The van der Waals surface area contributed by atoms with Crippen LogP contribution in [0.3, 0.4) is 0 Å². The van der Waals surface area contributed by atoms with Gasteiger partial charge in [-0.2, -0.15) is 0 Å². The van der Waals surface area contributed by atoms with Crippen LogP contribution in [-0.2, 0) is 0 Å². The average molecular weight is 468 g/mol. The summed E-state index contributed by atoms with van der Waals surface area (Å²) in [6, 6.07) is 10.1. The van der Waals surface area contributed by atoms with Crippen molar-refractivity contribution in [2.24, 2.45) is 0 Å². The molecule has 0 bridgehead atoms. The molecule has 0 saturated carbocycles. The Morgan fingerprint density at radius 1 is 1.15 bits per heavy atom. The lowest BCUT2D eigenvalue weighted by atomic mass is 10.1. The van der Waals surface area contributed by atoms with Gasteiger partial charge in [-0.05, 0) is 37.1 Å². The van der Waals surface area contributed by atoms with Crippen LogP contribution in [0.1, 0.15) is 12.8 Å². The summed E-state index contributed by atoms with van der Waals surface area (Å²) in [4.78, 5) is 15.6. The number of fused-ring (bicyclic) bond motifs is 1. The van der Waals surface area contributed by atoms with E-state index >= 15 is 0 Å². The van der Waals surface area contributed by atoms with Gasteiger partial charge in [0.05, 0.1) is 11.1 Å². The van der Waals surface area contributed by atoms with Gasteiger partial charge in [-0.15, -0.1) is 11.3 Å². The molecule has 4 aromatic rings. The zero-order valence-corrected chi connectivity index (χ0v) is 18.7. The highest BCUT2D eigenvalue weighted by atomic mass is 32.1. The number of hydrogen-bond acceptors (Lipinski definition) is 7. The number of benzene rings is 2. The Bertz CT molecular complexity index is 1230. The van der Waals surface area contributed by atoms with E-state index in [4.69, 9.17) is 4.74 Å². The van der Waals surface area contributed by atoms with Gasteiger partial charge in [0, 0.05) is 54.5 Å². The zero-order valence-electron chi connectivity index (χ0n) is 17.9. The molecular formula is C24H23F2N5OS. The number of thiazole rings is 1. The van der Waals surface area contributed by atoms with E-state index in [0.717, 1.165) is 47.6 Å². The molecule has 9 heteroatoms. The highest BCUT2D eigenvalue weighted by Crippen LogP contribution is 2.36. The fraction of sp³-hybridized carbons (Fsp3) is 0.292. The number of rotatable bonds is 7. The summed E-state index contributed by atoms with van der Waals surface area (Å²) in [6.07, 6.45) is 5.23. The van der Waals surface area contributed by atoms with Crippen molar-refractivity contribution in [3.05, 3.63) is 60.0 Å². The van der Waals surface area contributed by atoms with E-state index in [0.29, 0.717) is 23.7 Å². The van der Waals surface area contributed by atoms with Gasteiger partial charge in [-0.3, -0.25) is 0 Å². The van der Waals surface area contributed by atoms with Gasteiger partial charge in [0.25, 0.3) is 0 Å². The summed E-state index contributed by atoms with van der Waals surface area (Å²) in [6.45, 7) is 1.79. The van der Waals surface area contributed by atoms with Crippen molar-refractivity contribution in [2.75, 3.05) is 31.6 Å². The minimum atomic E-state index is -0.331. The maximum absolute atomic E-state index is 13.5. The molecule has 170 valence electrons. The quantitative estimate of drug-likeness (QED) is 0.390. The molecule has 0 spiro atoms. The second-order valence-corrected chi connectivity index (χ2v) is 8.82. The van der Waals surface area contributed by atoms with Crippen LogP contribution in [0.2, 0.25) is 0 Å². The second kappa shape index (κ2) is 9.76. The molecule has 1 aliphatic rings. The van der Waals surface area contributed by atoms with E-state index in [1.807, 2.05) is 17.5 Å². The standard InChI is InChI=1S/C24H23F2N5OS/c25-6-10-31-8-4-19(5-9-31)32-22-14-21-16(12-20(22)23-27-7-11-33-23)15-28-24(30-21)29-18-3-1-2-17(26)13-18/h1-3,7,11-15,19H,4-6,8-10H2,(H,28,29,30). The molecule has 0 atom stereocenters. The van der Waals surface area contributed by atoms with E-state index in [-0.39, 0.29) is 18.6 Å². The van der Waals surface area contributed by atoms with E-state index in [2.05, 4.69) is 25.2 Å². The largest absolute Gasteiger partial charge is 0.490 e. The smallest absolute Gasteiger partial charge is 0.227 e. The zero-order chi connectivity index (χ0) is 22.6. The Morgan fingerprint density at radius 2 is 2.03 bits per heavy atom. The number of ether oxygens (including phenoxy) is 1. The predicted octanol–water partition coefficient (Wildman–Crippen LogP) is 5.45. The van der Waals surface area contributed by atoms with Crippen LogP contribution in [0.4, 0.5) is 20.4 Å². The van der Waals surface area contributed by atoms with Crippen molar-refractivity contribution < 1.29 is 13.5 Å². The molecule has 0 amide bonds. The molecule has 2 aromatic carbocycles. The topological polar surface area (TPSA) is 63.2 Å². The highest BCUT2D eigenvalue weighted by molar-refractivity contribution is 7.13. The summed E-state index contributed by atoms with van der Waals surface area (Å²) in [7, 11) is 0. The summed E-state index contributed by atoms with van der Waals surface area (Å²) in [5.41, 5.74) is 2.19. The lowest BCUT2D eigenvalue weighted by Gasteiger charge is -2.31. The van der Waals surface area contributed by atoms with Gasteiger partial charge in [-0.25, -0.2) is 23.7 Å². The van der Waals surface area contributed by atoms with Gasteiger partial charge >= 0.3 is 0 Å². The van der Waals surface area contributed by atoms with E-state index < -0.39 is 0 Å². The molecule has 1 saturated heterocycles. The molecule has 33 heavy (non-hydrogen) atoms. The Morgan fingerprint density at radius 3 is 2.79 bits per heavy atom. The monoisotopic (exact) mass is 467 g/mol. The first kappa shape index (κ1) is 21.7. The van der Waals surface area contributed by atoms with Crippen LogP contribution >= 0.6 is 11.3 Å². The number of hydrogen-bond donors (Lipinski definition) is 1. The Kier molecular flexibility index (Phi) is 6.41. The fourth-order valence-electron chi connectivity index (χ4n) is 3.99. The summed E-state index contributed by atoms with van der Waals surface area (Å²) < 4.78 is 32.6. The summed E-state index contributed by atoms with van der Waals surface area (Å²) in [5, 5.41) is 6.70. The van der Waals surface area contributed by atoms with Crippen LogP contribution in [-0.4, -0.2) is 52.3 Å². The maximum Gasteiger partial charge on any atom is 0.227 e. The first-order valence-corrected chi connectivity index (χ1v) is 11.7. The van der Waals surface area contributed by atoms with Crippen molar-refractivity contribution in [1.82, 2.24) is 19.9 Å². The second-order valence-electron chi connectivity index (χ2n) is 7.92. The molecule has 1 fully saturated rings. The maximum atomic E-state index is 13.5. The van der Waals surface area contributed by atoms with E-state index in [9.17, 15) is 8.78 Å². The van der Waals surface area contributed by atoms with Gasteiger partial charge in [0.15, 0.2) is 0 Å². The molecule has 6 nitrogen and oxygen atoms in total. The van der Waals surface area contributed by atoms with Gasteiger partial charge in [0.2, 0.25) is 5.95 Å². The van der Waals surface area contributed by atoms with Crippen LogP contribution in [0.5, 0.6) is 5.75 Å². The lowest BCUT2D eigenvalue weighted by Crippen LogP contribution is -2.39. The predicted molar refractivity (Wildman–Crippen MR) is 126 cm³/mol. The third-order valence-corrected chi connectivity index (χ3v) is 6.46. The number of piperidine rings is 1. The first-order chi connectivity index (χ1) is 16.2. The van der Waals surface area contributed by atoms with Gasteiger partial charge in [0.1, 0.15) is 29.4 Å². The van der Waals surface area contributed by atoms with Crippen molar-refractivity contribution in [3.63, 3.8) is 0 Å². The van der Waals surface area contributed by atoms with E-state index in [1.54, 1.807) is 35.9 Å². The number of nitrogens with zero attached hydrogens (tertiary/aromatic N) is 4. The normalized spacial score (nSPS) is 15.1. The summed E-state index contributed by atoms with van der Waals surface area (Å²) >= 11 is 1.54. The van der Waals surface area contributed by atoms with Gasteiger partial charge < -0.3 is 15.0 Å². The lowest BCUT2D eigenvalue weighted by molar-refractivity contribution is 0.0974. The van der Waals surface area contributed by atoms with Crippen LogP contribution in [0.25, 0.3) is 21.5 Å². The molecule has 0 aliphatic carbocycles. The van der Waals surface area contributed by atoms with Crippen LogP contribution < -0.4 is 10.1 Å². The van der Waals surface area contributed by atoms with Gasteiger partial charge in [-0.1, -0.05) is 6.07 Å². The molecule has 1 N–H and O–H groups in total. The highest BCUT2D eigenvalue weighted by Gasteiger charge is 2.22. The van der Waals surface area contributed by atoms with Crippen molar-refractivity contribution >= 4 is 33.9 Å². The number of aromatic nitrogens is 3. The SMILES string of the molecule is FCCN1CCC(Oc2cc3nc(Nc4cccc(F)c4)ncc3cc2-c2nccs2)CC1. The number of nitrogens with one attached hydrogen (secondary N) is 1. The number of alkyl halides is 1. The minimum absolute atomic E-state index is 0.0451. The molecule has 3 heterocycles. The third-order valence-electron chi connectivity index (χ3n) is 5.65. The Balaban J connectivity index is 1.44. The molecular weight excluding hydrogens is 444 g/mol. The van der Waals surface area contributed by atoms with E-state index in [1.165, 1.54) is 12.1 Å². The molecule has 5 rings (SSSR count). The minimum Gasteiger partial charge on any atom is -0.490 e. The summed E-state index contributed by atoms with van der Waals surface area (Å²) in [5.74, 6) is 0.763. The Labute approximate surface area is 194 Å². The average Bonchev–Trinajstić information content (AvgIpc) is 3.35. The first-order valence-electron chi connectivity index (χ1n) is 10.9. The molecule has 2 aromatic heterocycles. The van der Waals surface area contributed by atoms with Crippen LogP contribution in [0, 0.1) is 5.82 Å². The molecule has 0 unspecified atom stereocenters. The fourth-order valence-corrected chi connectivity index (χ4v) is 4.64. The number of anilines is 2. The Hall–Kier alpha value is -3.17. The number of halogens is 2. The molecule has 0 radical (unpaired) electrons. The van der Waals surface area contributed by atoms with Crippen LogP contribution in [0.15, 0.2) is 54.2 Å². The molecule has 1 aliphatic heterocycles. The number of likely N-dealkylation sites (tertiary alicyclic amines) is 1.